The van der Waals surface area contributed by atoms with Gasteiger partial charge in [-0.2, -0.15) is 0 Å². The van der Waals surface area contributed by atoms with Crippen molar-refractivity contribution in [3.05, 3.63) is 0 Å². The maximum Gasteiger partial charge on any atom is 0.326 e. The van der Waals surface area contributed by atoms with Crippen molar-refractivity contribution in [2.45, 2.75) is 38.8 Å². The second kappa shape index (κ2) is 8.73. The SMILES string of the molecule is CCCNC(=O)C(C)NC(=O)N[C@@H](CC(=O)O)C(=O)O. The molecule has 0 aromatic heterocycles. The fraction of sp³-hybridized carbons (Fsp3) is 0.636. The molecular weight excluding hydrogens is 270 g/mol. The van der Waals surface area contributed by atoms with Crippen molar-refractivity contribution in [3.8, 4) is 0 Å². The van der Waals surface area contributed by atoms with Crippen LogP contribution in [0, 0.1) is 0 Å². The van der Waals surface area contributed by atoms with Gasteiger partial charge in [0.15, 0.2) is 0 Å². The molecule has 9 heteroatoms. The molecule has 0 rings (SSSR count). The highest BCUT2D eigenvalue weighted by molar-refractivity contribution is 5.89. The molecule has 0 spiro atoms. The number of rotatable bonds is 8. The van der Waals surface area contributed by atoms with Gasteiger partial charge in [-0.25, -0.2) is 9.59 Å². The Kier molecular flexibility index (Phi) is 7.71. The molecule has 5 N–H and O–H groups in total. The lowest BCUT2D eigenvalue weighted by atomic mass is 10.2. The fourth-order valence-corrected chi connectivity index (χ4v) is 1.24. The number of hydrogen-bond acceptors (Lipinski definition) is 4. The van der Waals surface area contributed by atoms with Crippen molar-refractivity contribution >= 4 is 23.9 Å². The van der Waals surface area contributed by atoms with E-state index in [1.54, 1.807) is 0 Å². The lowest BCUT2D eigenvalue weighted by molar-refractivity contribution is -0.145. The Hall–Kier alpha value is -2.32. The number of aliphatic carboxylic acids is 2. The summed E-state index contributed by atoms with van der Waals surface area (Å²) >= 11 is 0. The second-order valence-corrected chi connectivity index (χ2v) is 4.12. The number of hydrogen-bond donors (Lipinski definition) is 5. The van der Waals surface area contributed by atoms with E-state index in [0.29, 0.717) is 6.54 Å². The van der Waals surface area contributed by atoms with Crippen molar-refractivity contribution in [2.75, 3.05) is 6.54 Å². The summed E-state index contributed by atoms with van der Waals surface area (Å²) in [6.07, 6.45) is -0.0104. The predicted molar refractivity (Wildman–Crippen MR) is 68.1 cm³/mol. The molecule has 20 heavy (non-hydrogen) atoms. The molecule has 2 atom stereocenters. The second-order valence-electron chi connectivity index (χ2n) is 4.12. The molecule has 0 aromatic rings. The fourth-order valence-electron chi connectivity index (χ4n) is 1.24. The van der Waals surface area contributed by atoms with E-state index in [9.17, 15) is 19.2 Å². The molecule has 0 bridgehead atoms. The normalized spacial score (nSPS) is 12.9. The molecule has 114 valence electrons. The molecule has 0 aromatic carbocycles. The molecule has 0 aliphatic heterocycles. The molecule has 1 unspecified atom stereocenters. The first-order valence-electron chi connectivity index (χ1n) is 6.07. The van der Waals surface area contributed by atoms with Gasteiger partial charge in [0.25, 0.3) is 0 Å². The van der Waals surface area contributed by atoms with Crippen molar-refractivity contribution in [1.29, 1.82) is 0 Å². The van der Waals surface area contributed by atoms with Gasteiger partial charge in [-0.15, -0.1) is 0 Å². The van der Waals surface area contributed by atoms with Crippen LogP contribution in [-0.2, 0) is 14.4 Å². The molecule has 0 aliphatic carbocycles. The van der Waals surface area contributed by atoms with Crippen LogP contribution < -0.4 is 16.0 Å². The summed E-state index contributed by atoms with van der Waals surface area (Å²) in [5, 5.41) is 24.0. The number of carboxylic acids is 2. The minimum Gasteiger partial charge on any atom is -0.481 e. The van der Waals surface area contributed by atoms with Crippen molar-refractivity contribution in [2.24, 2.45) is 0 Å². The number of nitrogens with one attached hydrogen (secondary N) is 3. The Labute approximate surface area is 115 Å². The topological polar surface area (TPSA) is 145 Å². The van der Waals surface area contributed by atoms with Crippen LogP contribution in [0.15, 0.2) is 0 Å². The highest BCUT2D eigenvalue weighted by Crippen LogP contribution is 1.93. The van der Waals surface area contributed by atoms with Gasteiger partial charge in [-0.1, -0.05) is 6.92 Å². The van der Waals surface area contributed by atoms with E-state index >= 15 is 0 Å². The Morgan fingerprint density at radius 2 is 1.70 bits per heavy atom. The highest BCUT2D eigenvalue weighted by atomic mass is 16.4. The predicted octanol–water partition coefficient (Wildman–Crippen LogP) is -0.872. The van der Waals surface area contributed by atoms with Gasteiger partial charge >= 0.3 is 18.0 Å². The summed E-state index contributed by atoms with van der Waals surface area (Å²) in [6.45, 7) is 3.76. The van der Waals surface area contributed by atoms with Crippen molar-refractivity contribution < 1.29 is 29.4 Å². The third-order valence-electron chi connectivity index (χ3n) is 2.27. The van der Waals surface area contributed by atoms with E-state index < -0.39 is 42.4 Å². The Balaban J connectivity index is 4.34. The van der Waals surface area contributed by atoms with Crippen molar-refractivity contribution in [3.63, 3.8) is 0 Å². The number of carbonyl (C=O) groups is 4. The zero-order valence-electron chi connectivity index (χ0n) is 11.3. The van der Waals surface area contributed by atoms with Crippen LogP contribution in [0.25, 0.3) is 0 Å². The molecule has 9 nitrogen and oxygen atoms in total. The molecule has 0 aliphatic rings. The standard InChI is InChI=1S/C11H19N3O6/c1-3-4-12-9(17)6(2)13-11(20)14-7(10(18)19)5-8(15)16/h6-7H,3-5H2,1-2H3,(H,12,17)(H,15,16)(H,18,19)(H2,13,14,20)/t6?,7-/m0/s1. The van der Waals surface area contributed by atoms with Crippen molar-refractivity contribution in [1.82, 2.24) is 16.0 Å². The number of urea groups is 1. The molecule has 0 saturated carbocycles. The van der Waals surface area contributed by atoms with E-state index in [1.165, 1.54) is 6.92 Å². The van der Waals surface area contributed by atoms with Crippen LogP contribution in [0.1, 0.15) is 26.7 Å². The summed E-state index contributed by atoms with van der Waals surface area (Å²) in [5.41, 5.74) is 0. The molecule has 0 fully saturated rings. The Morgan fingerprint density at radius 3 is 2.15 bits per heavy atom. The Morgan fingerprint density at radius 1 is 1.10 bits per heavy atom. The first-order valence-corrected chi connectivity index (χ1v) is 6.07. The van der Waals surface area contributed by atoms with Crippen LogP contribution in [0.4, 0.5) is 4.79 Å². The first kappa shape index (κ1) is 17.7. The summed E-state index contributed by atoms with van der Waals surface area (Å²) in [7, 11) is 0. The minimum atomic E-state index is -1.56. The molecule has 0 radical (unpaired) electrons. The average Bonchev–Trinajstić information content (AvgIpc) is 2.34. The lowest BCUT2D eigenvalue weighted by Gasteiger charge is -2.17. The molecule has 0 heterocycles. The minimum absolute atomic E-state index is 0.410. The maximum atomic E-state index is 11.5. The quantitative estimate of drug-likeness (QED) is 0.392. The largest absolute Gasteiger partial charge is 0.481 e. The van der Waals surface area contributed by atoms with E-state index in [1.807, 2.05) is 12.2 Å². The molecular formula is C11H19N3O6. The summed E-state index contributed by atoms with van der Waals surface area (Å²) < 4.78 is 0. The Bertz CT molecular complexity index is 384. The van der Waals surface area contributed by atoms with Gasteiger partial charge in [0, 0.05) is 6.54 Å². The van der Waals surface area contributed by atoms with Crippen LogP contribution in [0.2, 0.25) is 0 Å². The van der Waals surface area contributed by atoms with E-state index in [2.05, 4.69) is 10.6 Å². The van der Waals surface area contributed by atoms with Gasteiger partial charge in [-0.05, 0) is 13.3 Å². The van der Waals surface area contributed by atoms with Gasteiger partial charge < -0.3 is 26.2 Å². The average molecular weight is 289 g/mol. The molecule has 0 saturated heterocycles. The van der Waals surface area contributed by atoms with Crippen LogP contribution in [0.5, 0.6) is 0 Å². The first-order chi connectivity index (χ1) is 9.27. The number of amides is 3. The van der Waals surface area contributed by atoms with E-state index in [4.69, 9.17) is 10.2 Å². The van der Waals surface area contributed by atoms with Gasteiger partial charge in [0.2, 0.25) is 5.91 Å². The monoisotopic (exact) mass is 289 g/mol. The van der Waals surface area contributed by atoms with E-state index in [-0.39, 0.29) is 0 Å². The van der Waals surface area contributed by atoms with Crippen LogP contribution in [0.3, 0.4) is 0 Å². The van der Waals surface area contributed by atoms with E-state index in [0.717, 1.165) is 6.42 Å². The zero-order valence-corrected chi connectivity index (χ0v) is 11.3. The highest BCUT2D eigenvalue weighted by Gasteiger charge is 2.24. The summed E-state index contributed by atoms with van der Waals surface area (Å²) in [4.78, 5) is 44.1. The number of carboxylic acid groups (broad SMARTS) is 2. The third kappa shape index (κ3) is 7.19. The lowest BCUT2D eigenvalue weighted by Crippen LogP contribution is -2.52. The summed E-state index contributed by atoms with van der Waals surface area (Å²) in [5.74, 6) is -3.23. The number of carbonyl (C=O) groups excluding carboxylic acids is 2. The maximum absolute atomic E-state index is 11.5. The van der Waals surface area contributed by atoms with Crippen LogP contribution >= 0.6 is 0 Å². The smallest absolute Gasteiger partial charge is 0.326 e. The van der Waals surface area contributed by atoms with Gasteiger partial charge in [0.1, 0.15) is 12.1 Å². The van der Waals surface area contributed by atoms with Crippen LogP contribution in [-0.4, -0.2) is 52.7 Å². The van der Waals surface area contributed by atoms with Gasteiger partial charge in [-0.3, -0.25) is 9.59 Å². The zero-order chi connectivity index (χ0) is 15.7. The molecule has 3 amide bonds. The third-order valence-corrected chi connectivity index (χ3v) is 2.27. The van der Waals surface area contributed by atoms with Gasteiger partial charge in [0.05, 0.1) is 6.42 Å². The summed E-state index contributed by atoms with van der Waals surface area (Å²) in [6, 6.07) is -3.34.